The van der Waals surface area contributed by atoms with Crippen LogP contribution in [0.4, 0.5) is 10.5 Å². The molecule has 1 aromatic carbocycles. The number of benzene rings is 1. The summed E-state index contributed by atoms with van der Waals surface area (Å²) >= 11 is 0. The molecule has 0 unspecified atom stereocenters. The van der Waals surface area contributed by atoms with Gasteiger partial charge in [-0.25, -0.2) is 4.79 Å². The number of ether oxygens (including phenoxy) is 1. The fraction of sp³-hybridized carbons (Fsp3) is 0.562. The van der Waals surface area contributed by atoms with Crippen molar-refractivity contribution in [1.29, 1.82) is 0 Å². The Balaban J connectivity index is 2.63. The summed E-state index contributed by atoms with van der Waals surface area (Å²) in [5, 5.41) is 14.7. The Morgan fingerprint density at radius 1 is 1.29 bits per heavy atom. The second kappa shape index (κ2) is 7.88. The average Bonchev–Trinajstić information content (AvgIpc) is 2.40. The molecule has 5 nitrogen and oxygen atoms in total. The lowest BCUT2D eigenvalue weighted by Gasteiger charge is -2.20. The molecular weight excluding hydrogens is 268 g/mol. The lowest BCUT2D eigenvalue weighted by atomic mass is 10.1. The van der Waals surface area contributed by atoms with Crippen molar-refractivity contribution in [3.63, 3.8) is 0 Å². The van der Waals surface area contributed by atoms with Crippen molar-refractivity contribution < 1.29 is 14.6 Å². The molecule has 2 amide bonds. The lowest BCUT2D eigenvalue weighted by Crippen LogP contribution is -2.40. The van der Waals surface area contributed by atoms with Crippen LogP contribution in [0.15, 0.2) is 18.2 Å². The number of rotatable bonds is 6. The first kappa shape index (κ1) is 17.3. The number of aliphatic hydroxyl groups is 1. The van der Waals surface area contributed by atoms with E-state index in [1.54, 1.807) is 0 Å². The first-order chi connectivity index (χ1) is 9.83. The van der Waals surface area contributed by atoms with Gasteiger partial charge in [-0.3, -0.25) is 0 Å². The molecule has 1 aromatic rings. The van der Waals surface area contributed by atoms with Gasteiger partial charge in [0.25, 0.3) is 0 Å². The minimum atomic E-state index is -0.278. The van der Waals surface area contributed by atoms with E-state index in [9.17, 15) is 4.79 Å². The van der Waals surface area contributed by atoms with Crippen molar-refractivity contribution >= 4 is 11.7 Å². The summed E-state index contributed by atoms with van der Waals surface area (Å²) in [5.41, 5.74) is 1.68. The quantitative estimate of drug-likeness (QED) is 0.755. The highest BCUT2D eigenvalue weighted by atomic mass is 16.5. The van der Waals surface area contributed by atoms with Crippen LogP contribution in [-0.2, 0) is 0 Å². The predicted octanol–water partition coefficient (Wildman–Crippen LogP) is 2.92. The van der Waals surface area contributed by atoms with Crippen LogP contribution in [0.5, 0.6) is 5.75 Å². The zero-order valence-corrected chi connectivity index (χ0v) is 13.4. The van der Waals surface area contributed by atoms with Crippen LogP contribution in [0.3, 0.4) is 0 Å². The molecule has 118 valence electrons. The summed E-state index contributed by atoms with van der Waals surface area (Å²) in [4.78, 5) is 11.9. The number of carbonyl (C=O) groups excluding carboxylic acids is 1. The van der Waals surface area contributed by atoms with E-state index in [4.69, 9.17) is 9.84 Å². The third-order valence-corrected chi connectivity index (χ3v) is 3.30. The third-order valence-electron chi connectivity index (χ3n) is 3.30. The number of nitrogens with one attached hydrogen (secondary N) is 2. The molecule has 5 heteroatoms. The van der Waals surface area contributed by atoms with E-state index in [1.165, 1.54) is 0 Å². The molecule has 1 rings (SSSR count). The molecule has 0 saturated heterocycles. The molecule has 0 aliphatic heterocycles. The summed E-state index contributed by atoms with van der Waals surface area (Å²) in [6.45, 7) is 9.68. The smallest absolute Gasteiger partial charge is 0.319 e. The Kier molecular flexibility index (Phi) is 6.49. The summed E-state index contributed by atoms with van der Waals surface area (Å²) in [7, 11) is 0. The van der Waals surface area contributed by atoms with Gasteiger partial charge in [0, 0.05) is 18.3 Å². The van der Waals surface area contributed by atoms with Crippen LogP contribution in [0.25, 0.3) is 0 Å². The van der Waals surface area contributed by atoms with Crippen molar-refractivity contribution in [3.8, 4) is 5.75 Å². The molecule has 0 radical (unpaired) electrons. The zero-order valence-electron chi connectivity index (χ0n) is 13.4. The van der Waals surface area contributed by atoms with Gasteiger partial charge in [-0.15, -0.1) is 0 Å². The fourth-order valence-corrected chi connectivity index (χ4v) is 1.79. The molecule has 0 spiro atoms. The number of aryl methyl sites for hydroxylation is 1. The molecule has 2 atom stereocenters. The van der Waals surface area contributed by atoms with Crippen molar-refractivity contribution in [2.75, 3.05) is 11.9 Å². The lowest BCUT2D eigenvalue weighted by molar-refractivity contribution is 0.204. The van der Waals surface area contributed by atoms with Gasteiger partial charge in [0.1, 0.15) is 5.75 Å². The summed E-state index contributed by atoms with van der Waals surface area (Å²) in [6, 6.07) is 5.16. The minimum absolute atomic E-state index is 0.0132. The van der Waals surface area contributed by atoms with Gasteiger partial charge in [0.15, 0.2) is 0 Å². The van der Waals surface area contributed by atoms with E-state index in [2.05, 4.69) is 10.6 Å². The fourth-order valence-electron chi connectivity index (χ4n) is 1.79. The number of carbonyl (C=O) groups is 1. The van der Waals surface area contributed by atoms with Crippen LogP contribution in [-0.4, -0.2) is 29.9 Å². The first-order valence-corrected chi connectivity index (χ1v) is 7.29. The van der Waals surface area contributed by atoms with E-state index in [0.29, 0.717) is 5.69 Å². The van der Waals surface area contributed by atoms with E-state index in [-0.39, 0.29) is 30.7 Å². The minimum Gasteiger partial charge on any atom is -0.491 e. The summed E-state index contributed by atoms with van der Waals surface area (Å²) in [5.74, 6) is 0.831. The summed E-state index contributed by atoms with van der Waals surface area (Å²) < 4.78 is 5.66. The predicted molar refractivity (Wildman–Crippen MR) is 84.8 cm³/mol. The molecule has 0 heterocycles. The first-order valence-electron chi connectivity index (χ1n) is 7.29. The molecule has 0 saturated carbocycles. The van der Waals surface area contributed by atoms with Gasteiger partial charge in [-0.1, -0.05) is 6.92 Å². The maximum absolute atomic E-state index is 11.9. The van der Waals surface area contributed by atoms with Crippen LogP contribution in [0, 0.1) is 12.8 Å². The number of urea groups is 1. The molecule has 0 aliphatic carbocycles. The number of hydrogen-bond acceptors (Lipinski definition) is 3. The van der Waals surface area contributed by atoms with E-state index < -0.39 is 0 Å². The van der Waals surface area contributed by atoms with Crippen molar-refractivity contribution in [2.45, 2.75) is 46.8 Å². The standard InChI is InChI=1S/C16H26N2O3/c1-10(2)21-15-7-6-14(8-11(15)3)18-16(20)17-13(5)12(4)9-19/h6-8,10,12-13,19H,9H2,1-5H3,(H2,17,18,20)/t12-,13+/m0/s1. The number of hydrogen-bond donors (Lipinski definition) is 3. The molecule has 0 aliphatic rings. The van der Waals surface area contributed by atoms with E-state index in [0.717, 1.165) is 11.3 Å². The number of amides is 2. The molecule has 21 heavy (non-hydrogen) atoms. The van der Waals surface area contributed by atoms with Gasteiger partial charge in [0.2, 0.25) is 0 Å². The molecule has 0 aromatic heterocycles. The second-order valence-electron chi connectivity index (χ2n) is 5.69. The van der Waals surface area contributed by atoms with Crippen LogP contribution in [0.1, 0.15) is 33.3 Å². The highest BCUT2D eigenvalue weighted by Crippen LogP contribution is 2.22. The second-order valence-corrected chi connectivity index (χ2v) is 5.69. The highest BCUT2D eigenvalue weighted by molar-refractivity contribution is 5.89. The SMILES string of the molecule is Cc1cc(NC(=O)N[C@H](C)[C@@H](C)CO)ccc1OC(C)C. The van der Waals surface area contributed by atoms with Gasteiger partial charge < -0.3 is 20.5 Å². The highest BCUT2D eigenvalue weighted by Gasteiger charge is 2.14. The van der Waals surface area contributed by atoms with Crippen molar-refractivity contribution in [3.05, 3.63) is 23.8 Å². The van der Waals surface area contributed by atoms with Crippen LogP contribution < -0.4 is 15.4 Å². The van der Waals surface area contributed by atoms with Crippen LogP contribution in [0.2, 0.25) is 0 Å². The van der Waals surface area contributed by atoms with Crippen molar-refractivity contribution in [2.24, 2.45) is 5.92 Å². The Hall–Kier alpha value is -1.75. The topological polar surface area (TPSA) is 70.6 Å². The van der Waals surface area contributed by atoms with Gasteiger partial charge in [-0.05, 0) is 57.4 Å². The normalized spacial score (nSPS) is 13.7. The number of aliphatic hydroxyl groups excluding tert-OH is 1. The Bertz CT molecular complexity index is 475. The number of anilines is 1. The summed E-state index contributed by atoms with van der Waals surface area (Å²) in [6.07, 6.45) is 0.117. The molecule has 0 bridgehead atoms. The van der Waals surface area contributed by atoms with Crippen molar-refractivity contribution in [1.82, 2.24) is 5.32 Å². The monoisotopic (exact) mass is 294 g/mol. The Morgan fingerprint density at radius 3 is 2.48 bits per heavy atom. The molecule has 3 N–H and O–H groups in total. The average molecular weight is 294 g/mol. The van der Waals surface area contributed by atoms with Gasteiger partial charge >= 0.3 is 6.03 Å². The molecular formula is C16H26N2O3. The zero-order chi connectivity index (χ0) is 16.0. The maximum atomic E-state index is 11.9. The van der Waals surface area contributed by atoms with Crippen LogP contribution >= 0.6 is 0 Å². The largest absolute Gasteiger partial charge is 0.491 e. The Morgan fingerprint density at radius 2 is 1.95 bits per heavy atom. The maximum Gasteiger partial charge on any atom is 0.319 e. The van der Waals surface area contributed by atoms with E-state index in [1.807, 2.05) is 52.8 Å². The van der Waals surface area contributed by atoms with E-state index >= 15 is 0 Å². The van der Waals surface area contributed by atoms with Gasteiger partial charge in [-0.2, -0.15) is 0 Å². The Labute approximate surface area is 126 Å². The molecule has 0 fully saturated rings. The van der Waals surface area contributed by atoms with Gasteiger partial charge in [0.05, 0.1) is 6.10 Å². The third kappa shape index (κ3) is 5.63.